The lowest BCUT2D eigenvalue weighted by molar-refractivity contribution is -0.135. The largest absolute Gasteiger partial charge is 0.492 e. The van der Waals surface area contributed by atoms with E-state index in [1.54, 1.807) is 54.6 Å². The minimum absolute atomic E-state index is 0.0973. The van der Waals surface area contributed by atoms with Crippen molar-refractivity contribution in [1.29, 1.82) is 0 Å². The molecule has 9 nitrogen and oxygen atoms in total. The fourth-order valence-electron chi connectivity index (χ4n) is 3.80. The van der Waals surface area contributed by atoms with Crippen molar-refractivity contribution in [3.05, 3.63) is 72.8 Å². The molecule has 0 unspecified atom stereocenters. The van der Waals surface area contributed by atoms with Crippen molar-refractivity contribution in [2.24, 2.45) is 0 Å². The second-order valence-corrected chi connectivity index (χ2v) is 9.66. The smallest absolute Gasteiger partial charge is 0.341 e. The molecule has 0 aliphatic carbocycles. The van der Waals surface area contributed by atoms with Crippen LogP contribution in [0.3, 0.4) is 0 Å². The van der Waals surface area contributed by atoms with E-state index in [-0.39, 0.29) is 4.90 Å². The van der Waals surface area contributed by atoms with Gasteiger partial charge in [-0.2, -0.15) is 8.42 Å². The van der Waals surface area contributed by atoms with Gasteiger partial charge in [-0.25, -0.2) is 9.59 Å². The summed E-state index contributed by atoms with van der Waals surface area (Å²) < 4.78 is 35.2. The highest BCUT2D eigenvalue weighted by molar-refractivity contribution is 7.87. The molecule has 1 fully saturated rings. The van der Waals surface area contributed by atoms with E-state index >= 15 is 0 Å². The Morgan fingerprint density at radius 3 is 2.25 bits per heavy atom. The van der Waals surface area contributed by atoms with Gasteiger partial charge in [0.2, 0.25) is 0 Å². The Balaban J connectivity index is 1.37. The maximum Gasteiger partial charge on any atom is 0.341 e. The molecule has 0 aromatic heterocycles. The molecule has 0 saturated carbocycles. The fourth-order valence-corrected chi connectivity index (χ4v) is 4.69. The van der Waals surface area contributed by atoms with Crippen molar-refractivity contribution in [1.82, 2.24) is 5.32 Å². The molecule has 3 aromatic rings. The highest BCUT2D eigenvalue weighted by atomic mass is 32.2. The topological polar surface area (TPSA) is 123 Å². The van der Waals surface area contributed by atoms with Crippen LogP contribution in [0.4, 0.5) is 16.2 Å². The number of ether oxygens (including phenoxy) is 1. The zero-order valence-electron chi connectivity index (χ0n) is 19.7. The Morgan fingerprint density at radius 1 is 0.944 bits per heavy atom. The van der Waals surface area contributed by atoms with Crippen LogP contribution < -0.4 is 20.7 Å². The SMILES string of the molecule is CCOc1ccccc1NC(=O)Nc1ccc(-c2ccc(S(=O)(=O)OC(=O)[C@@H]3CCCN3)cc2)cc1. The summed E-state index contributed by atoms with van der Waals surface area (Å²) in [6.45, 7) is 3.02. The van der Waals surface area contributed by atoms with Gasteiger partial charge in [0.25, 0.3) is 0 Å². The first-order valence-electron chi connectivity index (χ1n) is 11.6. The highest BCUT2D eigenvalue weighted by Crippen LogP contribution is 2.26. The minimum atomic E-state index is -4.20. The van der Waals surface area contributed by atoms with Crippen LogP contribution in [0.5, 0.6) is 5.75 Å². The van der Waals surface area contributed by atoms with Crippen molar-refractivity contribution < 1.29 is 26.9 Å². The first kappa shape index (κ1) is 25.2. The molecule has 1 saturated heterocycles. The van der Waals surface area contributed by atoms with E-state index in [1.807, 2.05) is 13.0 Å². The van der Waals surface area contributed by atoms with E-state index in [4.69, 9.17) is 8.92 Å². The molecule has 0 spiro atoms. The van der Waals surface area contributed by atoms with Gasteiger partial charge in [0, 0.05) is 5.69 Å². The van der Waals surface area contributed by atoms with Crippen molar-refractivity contribution in [3.63, 3.8) is 0 Å². The summed E-state index contributed by atoms with van der Waals surface area (Å²) in [7, 11) is -4.20. The summed E-state index contributed by atoms with van der Waals surface area (Å²) in [6, 6.07) is 19.3. The number of hydrogen-bond acceptors (Lipinski definition) is 7. The average molecular weight is 510 g/mol. The molecule has 4 rings (SSSR count). The number of nitrogens with one attached hydrogen (secondary N) is 3. The quantitative estimate of drug-likeness (QED) is 0.385. The van der Waals surface area contributed by atoms with E-state index in [1.165, 1.54) is 12.1 Å². The van der Waals surface area contributed by atoms with Crippen LogP contribution in [-0.4, -0.2) is 39.6 Å². The number of carbonyl (C=O) groups excluding carboxylic acids is 2. The number of para-hydroxylation sites is 2. The van der Waals surface area contributed by atoms with Crippen molar-refractivity contribution in [3.8, 4) is 16.9 Å². The number of urea groups is 1. The summed E-state index contributed by atoms with van der Waals surface area (Å²) >= 11 is 0. The third kappa shape index (κ3) is 6.21. The van der Waals surface area contributed by atoms with Crippen LogP contribution >= 0.6 is 0 Å². The molecule has 0 radical (unpaired) electrons. The Bertz CT molecular complexity index is 1320. The van der Waals surface area contributed by atoms with Crippen LogP contribution in [-0.2, 0) is 19.1 Å². The molecular formula is C26H27N3O6S. The number of hydrogen-bond donors (Lipinski definition) is 3. The third-order valence-corrected chi connectivity index (χ3v) is 6.82. The van der Waals surface area contributed by atoms with Gasteiger partial charge in [-0.05, 0) is 73.8 Å². The summed E-state index contributed by atoms with van der Waals surface area (Å²) in [5.41, 5.74) is 2.73. The average Bonchev–Trinajstić information content (AvgIpc) is 3.41. The van der Waals surface area contributed by atoms with Gasteiger partial charge in [0.05, 0.1) is 12.3 Å². The van der Waals surface area contributed by atoms with Crippen molar-refractivity contribution in [2.75, 3.05) is 23.8 Å². The summed E-state index contributed by atoms with van der Waals surface area (Å²) in [4.78, 5) is 24.4. The molecule has 1 aliphatic heterocycles. The van der Waals surface area contributed by atoms with Gasteiger partial charge in [-0.15, -0.1) is 0 Å². The normalized spacial score (nSPS) is 15.2. The van der Waals surface area contributed by atoms with E-state index < -0.39 is 28.2 Å². The first-order valence-corrected chi connectivity index (χ1v) is 13.0. The predicted octanol–water partition coefficient (Wildman–Crippen LogP) is 4.38. The van der Waals surface area contributed by atoms with Gasteiger partial charge in [0.1, 0.15) is 16.7 Å². The molecular weight excluding hydrogens is 482 g/mol. The van der Waals surface area contributed by atoms with E-state index in [0.29, 0.717) is 36.7 Å². The van der Waals surface area contributed by atoms with Gasteiger partial charge < -0.3 is 24.9 Å². The molecule has 1 aliphatic rings. The van der Waals surface area contributed by atoms with E-state index in [2.05, 4.69) is 16.0 Å². The van der Waals surface area contributed by atoms with Gasteiger partial charge in [0.15, 0.2) is 0 Å². The number of benzene rings is 3. The lowest BCUT2D eigenvalue weighted by Gasteiger charge is -2.12. The Morgan fingerprint density at radius 2 is 1.61 bits per heavy atom. The van der Waals surface area contributed by atoms with Crippen LogP contribution in [0.2, 0.25) is 0 Å². The fraction of sp³-hybridized carbons (Fsp3) is 0.231. The van der Waals surface area contributed by atoms with Crippen LogP contribution in [0.15, 0.2) is 77.7 Å². The highest BCUT2D eigenvalue weighted by Gasteiger charge is 2.29. The van der Waals surface area contributed by atoms with Crippen LogP contribution in [0, 0.1) is 0 Å². The molecule has 10 heteroatoms. The Kier molecular flexibility index (Phi) is 7.87. The van der Waals surface area contributed by atoms with Gasteiger partial charge in [-0.1, -0.05) is 36.4 Å². The number of amides is 2. The molecule has 188 valence electrons. The summed E-state index contributed by atoms with van der Waals surface area (Å²) in [6.07, 6.45) is 1.36. The van der Waals surface area contributed by atoms with Gasteiger partial charge in [-0.3, -0.25) is 0 Å². The summed E-state index contributed by atoms with van der Waals surface area (Å²) in [5.74, 6) is -0.203. The maximum atomic E-state index is 12.5. The van der Waals surface area contributed by atoms with Crippen LogP contribution in [0.25, 0.3) is 11.1 Å². The van der Waals surface area contributed by atoms with E-state index in [0.717, 1.165) is 17.5 Å². The standard InChI is InChI=1S/C26H27N3O6S/c1-2-34-24-8-4-3-6-22(24)29-26(31)28-20-13-9-18(10-14-20)19-11-15-21(16-12-19)36(32,33)35-25(30)23-7-5-17-27-23/h3-4,6,8-16,23,27H,2,5,7,17H2,1H3,(H2,28,29,31)/t23-/m0/s1. The Labute approximate surface area is 209 Å². The van der Waals surface area contributed by atoms with Crippen molar-refractivity contribution >= 4 is 33.5 Å². The number of carbonyl (C=O) groups is 2. The van der Waals surface area contributed by atoms with E-state index in [9.17, 15) is 18.0 Å². The molecule has 0 bridgehead atoms. The number of rotatable bonds is 8. The van der Waals surface area contributed by atoms with Gasteiger partial charge >= 0.3 is 22.1 Å². The lowest BCUT2D eigenvalue weighted by Crippen LogP contribution is -2.33. The summed E-state index contributed by atoms with van der Waals surface area (Å²) in [5, 5.41) is 8.46. The molecule has 2 amide bonds. The van der Waals surface area contributed by atoms with Crippen LogP contribution in [0.1, 0.15) is 19.8 Å². The number of anilines is 2. The molecule has 36 heavy (non-hydrogen) atoms. The second-order valence-electron chi connectivity index (χ2n) is 8.12. The Hall–Kier alpha value is -3.89. The zero-order chi connectivity index (χ0) is 25.5. The monoisotopic (exact) mass is 509 g/mol. The lowest BCUT2D eigenvalue weighted by atomic mass is 10.1. The molecule has 1 heterocycles. The first-order chi connectivity index (χ1) is 17.4. The second kappa shape index (κ2) is 11.2. The minimum Gasteiger partial charge on any atom is -0.492 e. The molecule has 1 atom stereocenters. The predicted molar refractivity (Wildman–Crippen MR) is 136 cm³/mol. The zero-order valence-corrected chi connectivity index (χ0v) is 20.5. The molecule has 3 aromatic carbocycles. The maximum absolute atomic E-state index is 12.5. The third-order valence-electron chi connectivity index (χ3n) is 5.59. The van der Waals surface area contributed by atoms with Crippen molar-refractivity contribution in [2.45, 2.75) is 30.7 Å². The molecule has 3 N–H and O–H groups in total.